The highest BCUT2D eigenvalue weighted by Crippen LogP contribution is 2.36. The van der Waals surface area contributed by atoms with Crippen molar-refractivity contribution in [3.63, 3.8) is 0 Å². The summed E-state index contributed by atoms with van der Waals surface area (Å²) in [7, 11) is 0. The lowest BCUT2D eigenvalue weighted by Gasteiger charge is -2.37. The van der Waals surface area contributed by atoms with Crippen LogP contribution in [0.4, 0.5) is 0 Å². The Morgan fingerprint density at radius 1 is 1.17 bits per heavy atom. The second-order valence-corrected chi connectivity index (χ2v) is 7.50. The summed E-state index contributed by atoms with van der Waals surface area (Å²) >= 11 is 0. The fraction of sp³-hybridized carbons (Fsp3) is 0.550. The summed E-state index contributed by atoms with van der Waals surface area (Å²) in [5.41, 5.74) is 4.82. The maximum Gasteiger partial charge on any atom is 0.0951 e. The molecule has 2 aromatic rings. The number of hydrogen-bond acceptors (Lipinski definition) is 3. The van der Waals surface area contributed by atoms with E-state index in [1.165, 1.54) is 24.1 Å². The monoisotopic (exact) mass is 325 g/mol. The molecule has 2 aliphatic rings. The van der Waals surface area contributed by atoms with Gasteiger partial charge in [-0.1, -0.05) is 24.3 Å². The molecule has 1 aliphatic heterocycles. The number of fused-ring (bicyclic) bond motifs is 1. The van der Waals surface area contributed by atoms with Gasteiger partial charge in [-0.15, -0.1) is 0 Å². The van der Waals surface area contributed by atoms with Crippen LogP contribution in [0.2, 0.25) is 0 Å². The first-order valence-electron chi connectivity index (χ1n) is 9.13. The lowest BCUT2D eigenvalue weighted by molar-refractivity contribution is 0.0368. The largest absolute Gasteiger partial charge is 0.387 e. The fourth-order valence-electron chi connectivity index (χ4n) is 4.45. The molecule has 4 nitrogen and oxygen atoms in total. The van der Waals surface area contributed by atoms with Gasteiger partial charge < -0.3 is 5.11 Å². The Morgan fingerprint density at radius 3 is 2.58 bits per heavy atom. The van der Waals surface area contributed by atoms with Gasteiger partial charge in [0.25, 0.3) is 0 Å². The molecule has 0 bridgehead atoms. The summed E-state index contributed by atoms with van der Waals surface area (Å²) in [5.74, 6) is 0.695. The van der Waals surface area contributed by atoms with Crippen molar-refractivity contribution in [1.29, 1.82) is 0 Å². The van der Waals surface area contributed by atoms with Gasteiger partial charge in [0.1, 0.15) is 0 Å². The zero-order valence-corrected chi connectivity index (χ0v) is 14.7. The van der Waals surface area contributed by atoms with E-state index in [0.717, 1.165) is 37.3 Å². The second-order valence-electron chi connectivity index (χ2n) is 7.50. The van der Waals surface area contributed by atoms with Crippen molar-refractivity contribution < 1.29 is 5.11 Å². The smallest absolute Gasteiger partial charge is 0.0951 e. The Kier molecular flexibility index (Phi) is 4.19. The lowest BCUT2D eigenvalue weighted by atomic mass is 9.94. The van der Waals surface area contributed by atoms with E-state index in [2.05, 4.69) is 52.8 Å². The van der Waals surface area contributed by atoms with E-state index in [-0.39, 0.29) is 12.1 Å². The van der Waals surface area contributed by atoms with Crippen molar-refractivity contribution in [2.75, 3.05) is 13.1 Å². The molecule has 2 atom stereocenters. The van der Waals surface area contributed by atoms with E-state index < -0.39 is 0 Å². The number of nitrogens with zero attached hydrogens (tertiary/aromatic N) is 3. The summed E-state index contributed by atoms with van der Waals surface area (Å²) in [6.45, 7) is 7.40. The van der Waals surface area contributed by atoms with Gasteiger partial charge in [-0.05, 0) is 69.3 Å². The zero-order chi connectivity index (χ0) is 16.7. The molecule has 1 fully saturated rings. The molecular weight excluding hydrogens is 298 g/mol. The number of aryl methyl sites for hydroxylation is 2. The van der Waals surface area contributed by atoms with E-state index in [1.54, 1.807) is 0 Å². The summed E-state index contributed by atoms with van der Waals surface area (Å²) < 4.78 is 2.16. The molecule has 0 unspecified atom stereocenters. The van der Waals surface area contributed by atoms with E-state index in [1.807, 2.05) is 6.07 Å². The van der Waals surface area contributed by atoms with Crippen LogP contribution in [0, 0.1) is 19.8 Å². The maximum atomic E-state index is 10.7. The number of likely N-dealkylation sites (tertiary alicyclic amines) is 1. The Hall–Kier alpha value is -1.65. The highest BCUT2D eigenvalue weighted by Gasteiger charge is 2.36. The highest BCUT2D eigenvalue weighted by molar-refractivity contribution is 5.35. The average Bonchev–Trinajstić information content (AvgIpc) is 3.08. The molecule has 0 saturated carbocycles. The van der Waals surface area contributed by atoms with Crippen LogP contribution in [-0.2, 0) is 13.0 Å². The second kappa shape index (κ2) is 6.34. The van der Waals surface area contributed by atoms with Gasteiger partial charge in [-0.2, -0.15) is 5.10 Å². The summed E-state index contributed by atoms with van der Waals surface area (Å²) in [6, 6.07) is 10.8. The highest BCUT2D eigenvalue weighted by atomic mass is 16.3. The van der Waals surface area contributed by atoms with Crippen LogP contribution in [0.3, 0.4) is 0 Å². The topological polar surface area (TPSA) is 41.3 Å². The maximum absolute atomic E-state index is 10.7. The minimum Gasteiger partial charge on any atom is -0.387 e. The van der Waals surface area contributed by atoms with Gasteiger partial charge in [-0.25, -0.2) is 0 Å². The Balaban J connectivity index is 1.36. The van der Waals surface area contributed by atoms with Gasteiger partial charge in [-0.3, -0.25) is 9.58 Å². The van der Waals surface area contributed by atoms with Gasteiger partial charge in [0.05, 0.1) is 11.8 Å². The van der Waals surface area contributed by atoms with Crippen LogP contribution < -0.4 is 0 Å². The van der Waals surface area contributed by atoms with Crippen LogP contribution in [0.15, 0.2) is 30.3 Å². The van der Waals surface area contributed by atoms with Crippen LogP contribution in [0.1, 0.15) is 41.5 Å². The first kappa shape index (κ1) is 15.9. The molecule has 0 spiro atoms. The molecule has 1 aliphatic carbocycles. The van der Waals surface area contributed by atoms with E-state index >= 15 is 0 Å². The molecule has 24 heavy (non-hydrogen) atoms. The van der Waals surface area contributed by atoms with E-state index in [4.69, 9.17) is 0 Å². The first-order chi connectivity index (χ1) is 11.6. The summed E-state index contributed by atoms with van der Waals surface area (Å²) in [5, 5.41) is 15.3. The first-order valence-corrected chi connectivity index (χ1v) is 9.13. The van der Waals surface area contributed by atoms with Crippen LogP contribution in [0.5, 0.6) is 0 Å². The number of rotatable bonds is 3. The number of benzene rings is 1. The van der Waals surface area contributed by atoms with Crippen LogP contribution >= 0.6 is 0 Å². The van der Waals surface area contributed by atoms with Crippen molar-refractivity contribution >= 4 is 0 Å². The number of aliphatic hydroxyl groups is 1. The van der Waals surface area contributed by atoms with Crippen molar-refractivity contribution in [2.45, 2.75) is 51.8 Å². The van der Waals surface area contributed by atoms with Gasteiger partial charge in [0, 0.05) is 18.3 Å². The standard InChI is InChI=1S/C20H27N3O/c1-14-11-15(2)23(21-14)13-16-7-9-22(10-8-16)19-12-17-5-3-4-6-18(17)20(19)24/h3-6,11,16,19-20,24H,7-10,12-13H2,1-2H3/t19-,20+/m1/s1. The van der Waals surface area contributed by atoms with Crippen LogP contribution in [0.25, 0.3) is 0 Å². The molecule has 128 valence electrons. The van der Waals surface area contributed by atoms with Crippen molar-refractivity contribution in [1.82, 2.24) is 14.7 Å². The molecule has 4 heteroatoms. The molecule has 1 N–H and O–H groups in total. The van der Waals surface area contributed by atoms with Gasteiger partial charge in [0.2, 0.25) is 0 Å². The zero-order valence-electron chi connectivity index (χ0n) is 14.7. The van der Waals surface area contributed by atoms with Crippen LogP contribution in [-0.4, -0.2) is 38.9 Å². The average molecular weight is 325 g/mol. The van der Waals surface area contributed by atoms with Crippen molar-refractivity contribution in [2.24, 2.45) is 5.92 Å². The molecule has 4 rings (SSSR count). The minimum atomic E-state index is -0.325. The van der Waals surface area contributed by atoms with Gasteiger partial charge in [0.15, 0.2) is 0 Å². The fourth-order valence-corrected chi connectivity index (χ4v) is 4.45. The van der Waals surface area contributed by atoms with Gasteiger partial charge >= 0.3 is 0 Å². The Bertz CT molecular complexity index is 715. The third-order valence-corrected chi connectivity index (χ3v) is 5.82. The molecule has 1 aromatic carbocycles. The SMILES string of the molecule is Cc1cc(C)n(CC2CCN([C@@H]3Cc4ccccc4[C@@H]3O)CC2)n1. The number of aliphatic hydroxyl groups excluding tert-OH is 1. The third-order valence-electron chi connectivity index (χ3n) is 5.82. The molecule has 0 amide bonds. The molecule has 0 radical (unpaired) electrons. The number of aromatic nitrogens is 2. The number of piperidine rings is 1. The molecule has 1 aromatic heterocycles. The predicted molar refractivity (Wildman–Crippen MR) is 94.9 cm³/mol. The normalized spacial score (nSPS) is 25.1. The molecular formula is C20H27N3O. The quantitative estimate of drug-likeness (QED) is 0.943. The molecule has 2 heterocycles. The predicted octanol–water partition coefficient (Wildman–Crippen LogP) is 2.87. The van der Waals surface area contributed by atoms with Crippen molar-refractivity contribution in [3.8, 4) is 0 Å². The lowest BCUT2D eigenvalue weighted by Crippen LogP contribution is -2.44. The minimum absolute atomic E-state index is 0.261. The molecule has 1 saturated heterocycles. The number of hydrogen-bond donors (Lipinski definition) is 1. The van der Waals surface area contributed by atoms with Crippen molar-refractivity contribution in [3.05, 3.63) is 52.8 Å². The summed E-state index contributed by atoms with van der Waals surface area (Å²) in [6.07, 6.45) is 3.05. The van der Waals surface area contributed by atoms with E-state index in [0.29, 0.717) is 5.92 Å². The Morgan fingerprint density at radius 2 is 1.92 bits per heavy atom. The summed E-state index contributed by atoms with van der Waals surface area (Å²) in [4.78, 5) is 2.50. The third kappa shape index (κ3) is 2.89. The van der Waals surface area contributed by atoms with E-state index in [9.17, 15) is 5.11 Å². The Labute approximate surface area is 144 Å².